The molecule has 0 aliphatic carbocycles. The summed E-state index contributed by atoms with van der Waals surface area (Å²) in [5.74, 6) is -0.0717. The third-order valence-corrected chi connectivity index (χ3v) is 4.63. The van der Waals surface area contributed by atoms with E-state index in [-0.39, 0.29) is 0 Å². The zero-order valence-electron chi connectivity index (χ0n) is 15.8. The number of carbonyl (C=O) groups excluding carboxylic acids is 3. The minimum atomic E-state index is -0.725. The Morgan fingerprint density at radius 3 is 2.54 bits per heavy atom. The number of nitrogens with zero attached hydrogens (tertiary/aromatic N) is 1. The smallest absolute Gasteiger partial charge is 0.249 e. The highest BCUT2D eigenvalue weighted by molar-refractivity contribution is 6.04. The fourth-order valence-electron chi connectivity index (χ4n) is 3.32. The van der Waals surface area contributed by atoms with E-state index in [4.69, 9.17) is 0 Å². The molecule has 3 amide bonds. The van der Waals surface area contributed by atoms with Gasteiger partial charge in [0.05, 0.1) is 5.69 Å². The Hall–Kier alpha value is -2.69. The Kier molecular flexibility index (Phi) is 6.50. The van der Waals surface area contributed by atoms with Gasteiger partial charge in [-0.3, -0.25) is 19.7 Å². The van der Waals surface area contributed by atoms with E-state index in [1.807, 2.05) is 32.0 Å². The molecule has 2 aromatic carbocycles. The van der Waals surface area contributed by atoms with Crippen LogP contribution in [-0.2, 0) is 14.4 Å². The SMILES string of the molecule is CCCC(C(=O)NC=O)N(C=O)c1cccc2cc(C(C)C)cc(C)c12. The number of imide groups is 1. The number of fused-ring (bicyclic) bond motifs is 1. The molecule has 2 aromatic rings. The number of benzene rings is 2. The van der Waals surface area contributed by atoms with Crippen molar-refractivity contribution in [3.63, 3.8) is 0 Å². The van der Waals surface area contributed by atoms with Crippen molar-refractivity contribution >= 4 is 35.2 Å². The molecule has 0 saturated carbocycles. The van der Waals surface area contributed by atoms with Crippen LogP contribution in [0.4, 0.5) is 5.69 Å². The van der Waals surface area contributed by atoms with Gasteiger partial charge in [-0.05, 0) is 41.8 Å². The molecule has 0 radical (unpaired) electrons. The van der Waals surface area contributed by atoms with Gasteiger partial charge in [0.15, 0.2) is 0 Å². The van der Waals surface area contributed by atoms with Crippen molar-refractivity contribution in [1.29, 1.82) is 0 Å². The molecule has 0 fully saturated rings. The van der Waals surface area contributed by atoms with E-state index in [9.17, 15) is 14.4 Å². The predicted octanol–water partition coefficient (Wildman–Crippen LogP) is 3.68. The zero-order chi connectivity index (χ0) is 19.3. The first-order valence-corrected chi connectivity index (χ1v) is 8.95. The van der Waals surface area contributed by atoms with Gasteiger partial charge in [-0.25, -0.2) is 0 Å². The highest BCUT2D eigenvalue weighted by atomic mass is 16.2. The summed E-state index contributed by atoms with van der Waals surface area (Å²) in [4.78, 5) is 36.4. The third-order valence-electron chi connectivity index (χ3n) is 4.63. The van der Waals surface area contributed by atoms with Crippen molar-refractivity contribution in [2.75, 3.05) is 4.90 Å². The van der Waals surface area contributed by atoms with Crippen molar-refractivity contribution in [3.8, 4) is 0 Å². The predicted molar refractivity (Wildman–Crippen MR) is 104 cm³/mol. The van der Waals surface area contributed by atoms with Gasteiger partial charge in [-0.2, -0.15) is 0 Å². The Morgan fingerprint density at radius 2 is 1.96 bits per heavy atom. The number of nitrogens with one attached hydrogen (secondary N) is 1. The number of aryl methyl sites for hydroxylation is 1. The van der Waals surface area contributed by atoms with Crippen LogP contribution in [-0.4, -0.2) is 24.8 Å². The maximum absolute atomic E-state index is 12.3. The van der Waals surface area contributed by atoms with Crippen LogP contribution in [0, 0.1) is 6.92 Å². The molecule has 0 aromatic heterocycles. The van der Waals surface area contributed by atoms with Gasteiger partial charge in [0.25, 0.3) is 0 Å². The lowest BCUT2D eigenvalue weighted by molar-refractivity contribution is -0.127. The van der Waals surface area contributed by atoms with E-state index < -0.39 is 11.9 Å². The van der Waals surface area contributed by atoms with E-state index in [2.05, 4.69) is 31.3 Å². The number of rotatable bonds is 8. The number of hydrogen-bond donors (Lipinski definition) is 1. The molecule has 5 nitrogen and oxygen atoms in total. The lowest BCUT2D eigenvalue weighted by Crippen LogP contribution is -2.46. The maximum atomic E-state index is 12.3. The normalized spacial score (nSPS) is 12.0. The monoisotopic (exact) mass is 354 g/mol. The molecule has 1 N–H and O–H groups in total. The summed E-state index contributed by atoms with van der Waals surface area (Å²) in [6, 6.07) is 9.27. The van der Waals surface area contributed by atoms with Crippen LogP contribution in [0.3, 0.4) is 0 Å². The second-order valence-corrected chi connectivity index (χ2v) is 6.81. The van der Waals surface area contributed by atoms with Crippen molar-refractivity contribution in [1.82, 2.24) is 5.32 Å². The van der Waals surface area contributed by atoms with E-state index in [0.29, 0.717) is 37.3 Å². The lowest BCUT2D eigenvalue weighted by Gasteiger charge is -2.28. The zero-order valence-corrected chi connectivity index (χ0v) is 15.8. The first kappa shape index (κ1) is 19.6. The Balaban J connectivity index is 2.63. The molecule has 0 aliphatic rings. The van der Waals surface area contributed by atoms with Gasteiger partial charge in [-0.1, -0.05) is 51.5 Å². The molecule has 0 spiro atoms. The lowest BCUT2D eigenvalue weighted by atomic mass is 9.94. The Labute approximate surface area is 154 Å². The summed E-state index contributed by atoms with van der Waals surface area (Å²) in [6.45, 7) is 8.24. The number of carbonyl (C=O) groups is 3. The minimum absolute atomic E-state index is 0.358. The van der Waals surface area contributed by atoms with Crippen molar-refractivity contribution in [2.45, 2.75) is 52.5 Å². The highest BCUT2D eigenvalue weighted by Gasteiger charge is 2.26. The van der Waals surface area contributed by atoms with Crippen LogP contribution in [0.1, 0.15) is 50.7 Å². The highest BCUT2D eigenvalue weighted by Crippen LogP contribution is 2.33. The number of amides is 3. The average molecular weight is 354 g/mol. The van der Waals surface area contributed by atoms with Gasteiger partial charge < -0.3 is 4.90 Å². The van der Waals surface area contributed by atoms with Crippen molar-refractivity contribution in [2.24, 2.45) is 0 Å². The molecule has 1 unspecified atom stereocenters. The van der Waals surface area contributed by atoms with E-state index in [1.165, 1.54) is 10.5 Å². The topological polar surface area (TPSA) is 66.5 Å². The molecule has 2 rings (SSSR count). The van der Waals surface area contributed by atoms with E-state index in [0.717, 1.165) is 16.3 Å². The first-order chi connectivity index (χ1) is 12.4. The third kappa shape index (κ3) is 3.93. The first-order valence-electron chi connectivity index (χ1n) is 8.95. The summed E-state index contributed by atoms with van der Waals surface area (Å²) >= 11 is 0. The fraction of sp³-hybridized carbons (Fsp3) is 0.381. The molecule has 138 valence electrons. The molecule has 1 atom stereocenters. The van der Waals surface area contributed by atoms with Gasteiger partial charge in [0.1, 0.15) is 6.04 Å². The molecule has 0 bridgehead atoms. The van der Waals surface area contributed by atoms with Crippen molar-refractivity contribution < 1.29 is 14.4 Å². The van der Waals surface area contributed by atoms with Crippen LogP contribution in [0.15, 0.2) is 30.3 Å². The quantitative estimate of drug-likeness (QED) is 0.736. The van der Waals surface area contributed by atoms with Gasteiger partial charge in [0, 0.05) is 5.39 Å². The molecule has 0 aliphatic heterocycles. The van der Waals surface area contributed by atoms with E-state index >= 15 is 0 Å². The van der Waals surface area contributed by atoms with Gasteiger partial charge in [0.2, 0.25) is 18.7 Å². The van der Waals surface area contributed by atoms with Crippen LogP contribution in [0.2, 0.25) is 0 Å². The second-order valence-electron chi connectivity index (χ2n) is 6.81. The molecular formula is C21H26N2O3. The molecule has 0 heterocycles. The average Bonchev–Trinajstić information content (AvgIpc) is 2.61. The van der Waals surface area contributed by atoms with Crippen molar-refractivity contribution in [3.05, 3.63) is 41.5 Å². The van der Waals surface area contributed by atoms with Gasteiger partial charge >= 0.3 is 0 Å². The van der Waals surface area contributed by atoms with E-state index in [1.54, 1.807) is 0 Å². The summed E-state index contributed by atoms with van der Waals surface area (Å²) < 4.78 is 0. The molecular weight excluding hydrogens is 328 g/mol. The number of anilines is 1. The summed E-state index contributed by atoms with van der Waals surface area (Å²) in [6.07, 6.45) is 2.22. The summed E-state index contributed by atoms with van der Waals surface area (Å²) in [5, 5.41) is 4.16. The van der Waals surface area contributed by atoms with Crippen LogP contribution in [0.5, 0.6) is 0 Å². The Bertz CT molecular complexity index is 814. The molecule has 5 heteroatoms. The van der Waals surface area contributed by atoms with Crippen LogP contribution < -0.4 is 10.2 Å². The summed E-state index contributed by atoms with van der Waals surface area (Å²) in [7, 11) is 0. The fourth-order valence-corrected chi connectivity index (χ4v) is 3.32. The van der Waals surface area contributed by atoms with Gasteiger partial charge in [-0.15, -0.1) is 0 Å². The molecule has 0 saturated heterocycles. The number of hydrogen-bond acceptors (Lipinski definition) is 3. The second kappa shape index (κ2) is 8.61. The molecule has 26 heavy (non-hydrogen) atoms. The summed E-state index contributed by atoms with van der Waals surface area (Å²) in [5.41, 5.74) is 2.97. The minimum Gasteiger partial charge on any atom is -0.302 e. The Morgan fingerprint density at radius 1 is 1.23 bits per heavy atom. The standard InChI is InChI=1S/C21H26N2O3/c1-5-7-19(21(26)22-12-24)23(13-25)18-9-6-8-16-11-17(14(2)3)10-15(4)20(16)18/h6,8-14,19H,5,7H2,1-4H3,(H,22,24,26). The maximum Gasteiger partial charge on any atom is 0.249 e. The largest absolute Gasteiger partial charge is 0.302 e. The van der Waals surface area contributed by atoms with Crippen LogP contribution >= 0.6 is 0 Å². The van der Waals surface area contributed by atoms with Crippen LogP contribution in [0.25, 0.3) is 10.8 Å².